The molecular weight excluding hydrogens is 249 g/mol. The van der Waals surface area contributed by atoms with Crippen molar-refractivity contribution >= 4 is 11.6 Å². The molecule has 2 N–H and O–H groups in total. The highest BCUT2D eigenvalue weighted by Crippen LogP contribution is 2.44. The Hall–Kier alpha value is -0.600. The summed E-state index contributed by atoms with van der Waals surface area (Å²) in [5.74, 6) is 0.456. The molecule has 0 amide bonds. The number of rotatable bonds is 4. The molecular formula is C15H21ClFN. The molecule has 0 aromatic heterocycles. The molecule has 100 valence electrons. The van der Waals surface area contributed by atoms with E-state index >= 15 is 0 Å². The van der Waals surface area contributed by atoms with Crippen LogP contribution in [0, 0.1) is 17.2 Å². The van der Waals surface area contributed by atoms with Crippen LogP contribution in [0.2, 0.25) is 5.02 Å². The van der Waals surface area contributed by atoms with Gasteiger partial charge in [0.05, 0.1) is 5.02 Å². The van der Waals surface area contributed by atoms with Gasteiger partial charge in [-0.25, -0.2) is 4.39 Å². The van der Waals surface area contributed by atoms with Gasteiger partial charge in [-0.2, -0.15) is 0 Å². The number of nitrogens with two attached hydrogens (primary N) is 1. The second-order valence-corrected chi connectivity index (χ2v) is 6.05. The van der Waals surface area contributed by atoms with Gasteiger partial charge < -0.3 is 5.73 Å². The van der Waals surface area contributed by atoms with Crippen molar-refractivity contribution in [1.29, 1.82) is 0 Å². The molecule has 0 aliphatic heterocycles. The Bertz CT molecular complexity index is 421. The molecule has 2 rings (SSSR count). The summed E-state index contributed by atoms with van der Waals surface area (Å²) in [5.41, 5.74) is 7.16. The summed E-state index contributed by atoms with van der Waals surface area (Å²) in [6, 6.07) is 5.11. The minimum absolute atomic E-state index is 0.168. The van der Waals surface area contributed by atoms with Crippen LogP contribution in [0.3, 0.4) is 0 Å². The Morgan fingerprint density at radius 2 is 2.28 bits per heavy atom. The molecule has 0 radical (unpaired) electrons. The highest BCUT2D eigenvalue weighted by atomic mass is 35.5. The molecule has 0 saturated heterocycles. The Morgan fingerprint density at radius 1 is 1.50 bits per heavy atom. The first-order valence-corrected chi connectivity index (χ1v) is 7.10. The van der Waals surface area contributed by atoms with Crippen LogP contribution >= 0.6 is 11.6 Å². The number of benzene rings is 1. The lowest BCUT2D eigenvalue weighted by Crippen LogP contribution is -2.30. The first-order chi connectivity index (χ1) is 8.58. The van der Waals surface area contributed by atoms with E-state index in [-0.39, 0.29) is 16.3 Å². The Kier molecular flexibility index (Phi) is 4.29. The summed E-state index contributed by atoms with van der Waals surface area (Å²) < 4.78 is 13.5. The van der Waals surface area contributed by atoms with Crippen molar-refractivity contribution in [2.75, 3.05) is 6.54 Å². The average Bonchev–Trinajstić information content (AvgIpc) is 2.78. The quantitative estimate of drug-likeness (QED) is 0.872. The maximum absolute atomic E-state index is 13.5. The normalized spacial score (nSPS) is 27.7. The summed E-state index contributed by atoms with van der Waals surface area (Å²) in [6.45, 7) is 2.92. The third kappa shape index (κ3) is 2.86. The second-order valence-electron chi connectivity index (χ2n) is 5.65. The average molecular weight is 270 g/mol. The maximum Gasteiger partial charge on any atom is 0.142 e. The van der Waals surface area contributed by atoms with E-state index in [0.717, 1.165) is 24.3 Å². The van der Waals surface area contributed by atoms with E-state index in [4.69, 9.17) is 17.3 Å². The van der Waals surface area contributed by atoms with Gasteiger partial charge in [0, 0.05) is 0 Å². The van der Waals surface area contributed by atoms with Gasteiger partial charge in [-0.3, -0.25) is 0 Å². The van der Waals surface area contributed by atoms with Crippen molar-refractivity contribution in [2.24, 2.45) is 17.1 Å². The topological polar surface area (TPSA) is 26.0 Å². The zero-order valence-corrected chi connectivity index (χ0v) is 11.6. The third-order valence-corrected chi connectivity index (χ3v) is 4.68. The lowest BCUT2D eigenvalue weighted by atomic mass is 9.79. The molecule has 1 saturated carbocycles. The fourth-order valence-corrected chi connectivity index (χ4v) is 3.29. The lowest BCUT2D eigenvalue weighted by Gasteiger charge is -2.28. The Balaban J connectivity index is 2.13. The van der Waals surface area contributed by atoms with E-state index in [1.54, 1.807) is 12.1 Å². The molecule has 0 heterocycles. The minimum Gasteiger partial charge on any atom is -0.330 e. The van der Waals surface area contributed by atoms with E-state index in [0.29, 0.717) is 6.54 Å². The van der Waals surface area contributed by atoms with Gasteiger partial charge in [0.15, 0.2) is 0 Å². The van der Waals surface area contributed by atoms with E-state index in [9.17, 15) is 4.39 Å². The van der Waals surface area contributed by atoms with Gasteiger partial charge in [0.1, 0.15) is 5.82 Å². The van der Waals surface area contributed by atoms with Crippen molar-refractivity contribution in [2.45, 2.75) is 39.0 Å². The van der Waals surface area contributed by atoms with Crippen molar-refractivity contribution in [3.05, 3.63) is 34.6 Å². The molecule has 1 aliphatic carbocycles. The predicted octanol–water partition coefficient (Wildman–Crippen LogP) is 4.18. The number of hydrogen-bond donors (Lipinski definition) is 1. The summed E-state index contributed by atoms with van der Waals surface area (Å²) in [7, 11) is 0. The first kappa shape index (κ1) is 13.8. The largest absolute Gasteiger partial charge is 0.330 e. The Morgan fingerprint density at radius 3 is 2.83 bits per heavy atom. The van der Waals surface area contributed by atoms with E-state index < -0.39 is 0 Å². The van der Waals surface area contributed by atoms with Gasteiger partial charge in [-0.15, -0.1) is 0 Å². The Labute approximate surface area is 114 Å². The molecule has 0 bridgehead atoms. The zero-order chi connectivity index (χ0) is 13.2. The van der Waals surface area contributed by atoms with Gasteiger partial charge >= 0.3 is 0 Å². The molecule has 0 spiro atoms. The summed E-state index contributed by atoms with van der Waals surface area (Å²) in [5, 5.41) is 0.193. The minimum atomic E-state index is -0.327. The fraction of sp³-hybridized carbons (Fsp3) is 0.600. The van der Waals surface area contributed by atoms with Crippen LogP contribution in [0.5, 0.6) is 0 Å². The van der Waals surface area contributed by atoms with Crippen molar-refractivity contribution < 1.29 is 4.39 Å². The van der Waals surface area contributed by atoms with Crippen LogP contribution in [-0.2, 0) is 6.42 Å². The highest BCUT2D eigenvalue weighted by molar-refractivity contribution is 6.30. The number of hydrogen-bond acceptors (Lipinski definition) is 1. The summed E-state index contributed by atoms with van der Waals surface area (Å²) in [6.07, 6.45) is 5.67. The second kappa shape index (κ2) is 5.58. The van der Waals surface area contributed by atoms with Crippen LogP contribution in [0.15, 0.2) is 18.2 Å². The van der Waals surface area contributed by atoms with Crippen LogP contribution in [-0.4, -0.2) is 6.54 Å². The van der Waals surface area contributed by atoms with Crippen LogP contribution in [0.4, 0.5) is 4.39 Å². The highest BCUT2D eigenvalue weighted by Gasteiger charge is 2.37. The molecule has 18 heavy (non-hydrogen) atoms. The zero-order valence-electron chi connectivity index (χ0n) is 10.9. The fourth-order valence-electron chi connectivity index (χ4n) is 3.18. The van der Waals surface area contributed by atoms with Gasteiger partial charge in [-0.05, 0) is 61.3 Å². The van der Waals surface area contributed by atoms with Gasteiger partial charge in [-0.1, -0.05) is 31.0 Å². The predicted molar refractivity (Wildman–Crippen MR) is 74.2 cm³/mol. The van der Waals surface area contributed by atoms with E-state index in [1.165, 1.54) is 19.3 Å². The van der Waals surface area contributed by atoms with Crippen LogP contribution in [0.25, 0.3) is 0 Å². The van der Waals surface area contributed by atoms with Crippen molar-refractivity contribution in [3.63, 3.8) is 0 Å². The van der Waals surface area contributed by atoms with E-state index in [1.807, 2.05) is 6.07 Å². The van der Waals surface area contributed by atoms with E-state index in [2.05, 4.69) is 6.92 Å². The smallest absolute Gasteiger partial charge is 0.142 e. The van der Waals surface area contributed by atoms with Crippen LogP contribution < -0.4 is 5.73 Å². The van der Waals surface area contributed by atoms with Crippen molar-refractivity contribution in [1.82, 2.24) is 0 Å². The molecule has 2 atom stereocenters. The third-order valence-electron chi connectivity index (χ3n) is 4.38. The summed E-state index contributed by atoms with van der Waals surface area (Å²) >= 11 is 5.71. The monoisotopic (exact) mass is 269 g/mol. The van der Waals surface area contributed by atoms with Gasteiger partial charge in [0.2, 0.25) is 0 Å². The van der Waals surface area contributed by atoms with Gasteiger partial charge in [0.25, 0.3) is 0 Å². The van der Waals surface area contributed by atoms with Crippen LogP contribution in [0.1, 0.15) is 38.2 Å². The molecule has 1 nitrogen and oxygen atoms in total. The molecule has 3 heteroatoms. The molecule has 1 aromatic carbocycles. The molecule has 1 fully saturated rings. The molecule has 2 unspecified atom stereocenters. The lowest BCUT2D eigenvalue weighted by molar-refractivity contribution is 0.290. The standard InChI is InChI=1S/C15H21ClFN/c1-2-11-5-6-15(8-11,10-18)9-12-3-4-13(16)14(17)7-12/h3-4,7,11H,2,5-6,8-10,18H2,1H3. The number of halogens is 2. The molecule has 1 aromatic rings. The van der Waals surface area contributed by atoms with Crippen molar-refractivity contribution in [3.8, 4) is 0 Å². The summed E-state index contributed by atoms with van der Waals surface area (Å²) in [4.78, 5) is 0. The molecule has 1 aliphatic rings. The SMILES string of the molecule is CCC1CCC(CN)(Cc2ccc(Cl)c(F)c2)C1. The first-order valence-electron chi connectivity index (χ1n) is 6.72. The maximum atomic E-state index is 13.5.